The highest BCUT2D eigenvalue weighted by Gasteiger charge is 2.26. The first-order valence-corrected chi connectivity index (χ1v) is 7.03. The number of nitrogens with two attached hydrogens (primary N) is 1. The lowest BCUT2D eigenvalue weighted by Gasteiger charge is -2.34. The molecule has 0 amide bonds. The topological polar surface area (TPSA) is 61.9 Å². The number of nitrogens with zero attached hydrogens (tertiary/aromatic N) is 2. The second-order valence-corrected chi connectivity index (χ2v) is 5.59. The highest BCUT2D eigenvalue weighted by molar-refractivity contribution is 6.35. The van der Waals surface area contributed by atoms with Crippen molar-refractivity contribution in [1.82, 2.24) is 4.90 Å². The van der Waals surface area contributed by atoms with E-state index in [1.54, 1.807) is 6.07 Å². The lowest BCUT2D eigenvalue weighted by Crippen LogP contribution is -2.47. The maximum atomic E-state index is 8.85. The van der Waals surface area contributed by atoms with E-state index >= 15 is 0 Å². The molecule has 0 radical (unpaired) electrons. The summed E-state index contributed by atoms with van der Waals surface area (Å²) in [5.41, 5.74) is 6.76. The van der Waals surface area contributed by atoms with Gasteiger partial charge in [0, 0.05) is 16.6 Å². The molecule has 1 fully saturated rings. The number of likely N-dealkylation sites (tertiary alicyclic amines) is 1. The molecule has 1 saturated heterocycles. The number of benzene rings is 1. The summed E-state index contributed by atoms with van der Waals surface area (Å²) in [6, 6.07) is 5.46. The fraction of sp³-hybridized carbons (Fsp3) is 0.462. The number of piperidine rings is 1. The largest absolute Gasteiger partial charge is 0.409 e. The van der Waals surface area contributed by atoms with E-state index in [1.807, 2.05) is 12.1 Å². The molecule has 19 heavy (non-hydrogen) atoms. The molecule has 0 aliphatic carbocycles. The number of halogens is 2. The minimum atomic E-state index is -0.0227. The molecule has 2 rings (SSSR count). The van der Waals surface area contributed by atoms with Gasteiger partial charge in [-0.05, 0) is 37.1 Å². The summed E-state index contributed by atoms with van der Waals surface area (Å²) in [6.45, 7) is 1.59. The summed E-state index contributed by atoms with van der Waals surface area (Å²) in [5, 5.41) is 13.3. The standard InChI is InChI=1S/C13H17Cl2N3O/c14-10-5-4-9(11(15)7-10)8-18-6-2-1-3-12(18)13(16)17-19/h4-5,7,12,19H,1-3,6,8H2,(H2,16,17). The van der Waals surface area contributed by atoms with Crippen LogP contribution in [0.15, 0.2) is 23.4 Å². The highest BCUT2D eigenvalue weighted by atomic mass is 35.5. The van der Waals surface area contributed by atoms with Gasteiger partial charge in [-0.2, -0.15) is 0 Å². The van der Waals surface area contributed by atoms with Gasteiger partial charge in [-0.1, -0.05) is 40.8 Å². The van der Waals surface area contributed by atoms with E-state index in [-0.39, 0.29) is 11.9 Å². The summed E-state index contributed by atoms with van der Waals surface area (Å²) >= 11 is 12.1. The Morgan fingerprint density at radius 1 is 1.42 bits per heavy atom. The third-order valence-electron chi connectivity index (χ3n) is 3.46. The van der Waals surface area contributed by atoms with Crippen molar-refractivity contribution in [2.45, 2.75) is 31.8 Å². The Hall–Kier alpha value is -0.970. The summed E-state index contributed by atoms with van der Waals surface area (Å²) in [5.74, 6) is 0.268. The highest BCUT2D eigenvalue weighted by Crippen LogP contribution is 2.25. The minimum Gasteiger partial charge on any atom is -0.409 e. The van der Waals surface area contributed by atoms with Crippen molar-refractivity contribution in [3.8, 4) is 0 Å². The molecule has 0 saturated carbocycles. The van der Waals surface area contributed by atoms with E-state index in [2.05, 4.69) is 10.1 Å². The van der Waals surface area contributed by atoms with E-state index in [0.717, 1.165) is 31.4 Å². The fourth-order valence-electron chi connectivity index (χ4n) is 2.45. The lowest BCUT2D eigenvalue weighted by molar-refractivity contribution is 0.178. The van der Waals surface area contributed by atoms with E-state index in [4.69, 9.17) is 34.1 Å². The molecule has 1 aliphatic heterocycles. The predicted molar refractivity (Wildman–Crippen MR) is 77.9 cm³/mol. The Morgan fingerprint density at radius 3 is 2.89 bits per heavy atom. The average Bonchev–Trinajstić information content (AvgIpc) is 2.41. The van der Waals surface area contributed by atoms with Crippen molar-refractivity contribution in [3.63, 3.8) is 0 Å². The van der Waals surface area contributed by atoms with Crippen LogP contribution >= 0.6 is 23.2 Å². The Balaban J connectivity index is 2.15. The van der Waals surface area contributed by atoms with Gasteiger partial charge in [-0.15, -0.1) is 0 Å². The van der Waals surface area contributed by atoms with E-state index < -0.39 is 0 Å². The zero-order chi connectivity index (χ0) is 13.8. The molecule has 3 N–H and O–H groups in total. The van der Waals surface area contributed by atoms with Gasteiger partial charge in [0.05, 0.1) is 6.04 Å². The monoisotopic (exact) mass is 301 g/mol. The van der Waals surface area contributed by atoms with Crippen LogP contribution in [0.25, 0.3) is 0 Å². The zero-order valence-electron chi connectivity index (χ0n) is 10.5. The van der Waals surface area contributed by atoms with Crippen molar-refractivity contribution >= 4 is 29.0 Å². The van der Waals surface area contributed by atoms with Gasteiger partial charge < -0.3 is 10.9 Å². The Morgan fingerprint density at radius 2 is 2.21 bits per heavy atom. The lowest BCUT2D eigenvalue weighted by atomic mass is 10.0. The van der Waals surface area contributed by atoms with Crippen molar-refractivity contribution < 1.29 is 5.21 Å². The van der Waals surface area contributed by atoms with Crippen LogP contribution in [-0.4, -0.2) is 28.5 Å². The van der Waals surface area contributed by atoms with E-state index in [9.17, 15) is 0 Å². The fourth-order valence-corrected chi connectivity index (χ4v) is 2.92. The first-order valence-electron chi connectivity index (χ1n) is 6.27. The maximum Gasteiger partial charge on any atom is 0.156 e. The van der Waals surface area contributed by atoms with Crippen LogP contribution in [-0.2, 0) is 6.54 Å². The molecule has 0 spiro atoms. The van der Waals surface area contributed by atoms with E-state index in [0.29, 0.717) is 16.6 Å². The summed E-state index contributed by atoms with van der Waals surface area (Å²) in [6.07, 6.45) is 3.10. The van der Waals surface area contributed by atoms with Crippen LogP contribution in [0.2, 0.25) is 10.0 Å². The number of hydrogen-bond donors (Lipinski definition) is 2. The molecular weight excluding hydrogens is 285 g/mol. The van der Waals surface area contributed by atoms with Gasteiger partial charge in [-0.25, -0.2) is 0 Å². The van der Waals surface area contributed by atoms with Crippen LogP contribution in [0, 0.1) is 0 Å². The molecule has 1 unspecified atom stereocenters. The van der Waals surface area contributed by atoms with Gasteiger partial charge in [-0.3, -0.25) is 4.90 Å². The summed E-state index contributed by atoms with van der Waals surface area (Å²) in [7, 11) is 0. The molecule has 6 heteroatoms. The van der Waals surface area contributed by atoms with Gasteiger partial charge in [0.2, 0.25) is 0 Å². The van der Waals surface area contributed by atoms with Gasteiger partial charge >= 0.3 is 0 Å². The first-order chi connectivity index (χ1) is 9.11. The first kappa shape index (κ1) is 14.4. The minimum absolute atomic E-state index is 0.0227. The van der Waals surface area contributed by atoms with Crippen LogP contribution in [0.3, 0.4) is 0 Å². The van der Waals surface area contributed by atoms with Crippen molar-refractivity contribution in [2.24, 2.45) is 10.9 Å². The Labute approximate surface area is 122 Å². The molecule has 0 bridgehead atoms. The molecule has 1 heterocycles. The van der Waals surface area contributed by atoms with E-state index in [1.165, 1.54) is 0 Å². The van der Waals surface area contributed by atoms with Crippen LogP contribution in [0.5, 0.6) is 0 Å². The third-order valence-corrected chi connectivity index (χ3v) is 4.05. The number of rotatable bonds is 3. The second-order valence-electron chi connectivity index (χ2n) is 4.74. The smallest absolute Gasteiger partial charge is 0.156 e. The predicted octanol–water partition coefficient (Wildman–Crippen LogP) is 3.09. The molecule has 1 aromatic carbocycles. The van der Waals surface area contributed by atoms with Crippen molar-refractivity contribution in [1.29, 1.82) is 0 Å². The van der Waals surface area contributed by atoms with Crippen LogP contribution < -0.4 is 5.73 Å². The van der Waals surface area contributed by atoms with Gasteiger partial charge in [0.1, 0.15) is 0 Å². The maximum absolute atomic E-state index is 8.85. The molecule has 0 aromatic heterocycles. The van der Waals surface area contributed by atoms with Crippen molar-refractivity contribution in [3.05, 3.63) is 33.8 Å². The van der Waals surface area contributed by atoms with Gasteiger partial charge in [0.25, 0.3) is 0 Å². The normalized spacial score (nSPS) is 21.6. The van der Waals surface area contributed by atoms with Gasteiger partial charge in [0.15, 0.2) is 5.84 Å². The van der Waals surface area contributed by atoms with Crippen LogP contribution in [0.1, 0.15) is 24.8 Å². The summed E-state index contributed by atoms with van der Waals surface area (Å²) < 4.78 is 0. The number of hydrogen-bond acceptors (Lipinski definition) is 3. The SMILES string of the molecule is NC(=NO)C1CCCCN1Cc1ccc(Cl)cc1Cl. The quantitative estimate of drug-likeness (QED) is 0.390. The van der Waals surface area contributed by atoms with Crippen LogP contribution in [0.4, 0.5) is 0 Å². The average molecular weight is 302 g/mol. The zero-order valence-corrected chi connectivity index (χ0v) is 12.0. The third kappa shape index (κ3) is 3.53. The second kappa shape index (κ2) is 6.46. The molecule has 1 aromatic rings. The number of oxime groups is 1. The molecule has 4 nitrogen and oxygen atoms in total. The Bertz CT molecular complexity index is 479. The molecule has 1 atom stereocenters. The molecule has 1 aliphatic rings. The van der Waals surface area contributed by atoms with Crippen molar-refractivity contribution in [2.75, 3.05) is 6.54 Å². The molecule has 104 valence electrons. The Kier molecular flexibility index (Phi) is 4.91. The summed E-state index contributed by atoms with van der Waals surface area (Å²) in [4.78, 5) is 2.19. The number of amidine groups is 1. The molecular formula is C13H17Cl2N3O.